The molecule has 0 amide bonds. The van der Waals surface area contributed by atoms with Crippen LogP contribution in [0.3, 0.4) is 0 Å². The molecule has 0 atom stereocenters. The number of hydrogen-bond donors (Lipinski definition) is 2. The number of para-hydroxylation sites is 1. The van der Waals surface area contributed by atoms with E-state index in [1.165, 1.54) is 6.20 Å². The molecular weight excluding hydrogens is 214 g/mol. The lowest BCUT2D eigenvalue weighted by Crippen LogP contribution is -2.01. The maximum atomic E-state index is 9.57. The summed E-state index contributed by atoms with van der Waals surface area (Å²) in [5.41, 5.74) is 1.33. The maximum Gasteiger partial charge on any atom is 0.126 e. The highest BCUT2D eigenvalue weighted by molar-refractivity contribution is 5.41. The van der Waals surface area contributed by atoms with E-state index in [1.54, 1.807) is 24.3 Å². The molecule has 4 nitrogen and oxygen atoms in total. The number of anilines is 1. The molecule has 2 N–H and O–H groups in total. The van der Waals surface area contributed by atoms with Crippen LogP contribution in [0.1, 0.15) is 11.1 Å². The number of phenols is 1. The Kier molecular flexibility index (Phi) is 3.22. The van der Waals surface area contributed by atoms with Crippen molar-refractivity contribution in [2.24, 2.45) is 0 Å². The van der Waals surface area contributed by atoms with Gasteiger partial charge in [-0.05, 0) is 18.2 Å². The number of nitrogens with zero attached hydrogens (tertiary/aromatic N) is 2. The van der Waals surface area contributed by atoms with Crippen molar-refractivity contribution in [1.82, 2.24) is 4.98 Å². The minimum atomic E-state index is 0.258. The van der Waals surface area contributed by atoms with Crippen molar-refractivity contribution >= 4 is 5.82 Å². The highest BCUT2D eigenvalue weighted by Gasteiger charge is 2.00. The van der Waals surface area contributed by atoms with Crippen LogP contribution < -0.4 is 5.32 Å². The largest absolute Gasteiger partial charge is 0.508 e. The Hall–Kier alpha value is -2.54. The van der Waals surface area contributed by atoms with Gasteiger partial charge in [0.15, 0.2) is 0 Å². The van der Waals surface area contributed by atoms with E-state index < -0.39 is 0 Å². The molecule has 4 heteroatoms. The van der Waals surface area contributed by atoms with Gasteiger partial charge in [0.05, 0.1) is 5.56 Å². The normalized spacial score (nSPS) is 9.59. The summed E-state index contributed by atoms with van der Waals surface area (Å²) in [5, 5.41) is 21.3. The zero-order chi connectivity index (χ0) is 12.1. The molecule has 0 saturated heterocycles. The molecule has 0 fully saturated rings. The minimum Gasteiger partial charge on any atom is -0.508 e. The third kappa shape index (κ3) is 2.73. The Labute approximate surface area is 99.2 Å². The predicted molar refractivity (Wildman–Crippen MR) is 64.4 cm³/mol. The van der Waals surface area contributed by atoms with Gasteiger partial charge in [-0.2, -0.15) is 5.26 Å². The molecule has 0 aliphatic heterocycles. The van der Waals surface area contributed by atoms with E-state index in [9.17, 15) is 5.11 Å². The molecule has 0 aliphatic carbocycles. The van der Waals surface area contributed by atoms with Gasteiger partial charge in [-0.25, -0.2) is 4.98 Å². The summed E-state index contributed by atoms with van der Waals surface area (Å²) in [6, 6.07) is 12.6. The van der Waals surface area contributed by atoms with Gasteiger partial charge in [-0.1, -0.05) is 18.2 Å². The van der Waals surface area contributed by atoms with Crippen LogP contribution >= 0.6 is 0 Å². The first-order valence-electron chi connectivity index (χ1n) is 5.16. The van der Waals surface area contributed by atoms with Gasteiger partial charge in [-0.15, -0.1) is 0 Å². The zero-order valence-corrected chi connectivity index (χ0v) is 9.09. The van der Waals surface area contributed by atoms with Crippen LogP contribution in [0.25, 0.3) is 0 Å². The van der Waals surface area contributed by atoms with E-state index in [2.05, 4.69) is 10.3 Å². The molecule has 2 rings (SSSR count). The van der Waals surface area contributed by atoms with Gasteiger partial charge < -0.3 is 10.4 Å². The molecule has 0 bridgehead atoms. The summed E-state index contributed by atoms with van der Waals surface area (Å²) in [5.74, 6) is 0.931. The Balaban J connectivity index is 2.03. The second-order valence-corrected chi connectivity index (χ2v) is 3.53. The average Bonchev–Trinajstić information content (AvgIpc) is 2.38. The molecule has 1 aromatic carbocycles. The fourth-order valence-electron chi connectivity index (χ4n) is 1.41. The molecule has 84 valence electrons. The number of rotatable bonds is 3. The number of nitriles is 1. The number of aromatic hydroxyl groups is 1. The summed E-state index contributed by atoms with van der Waals surface area (Å²) in [6.45, 7) is 0.492. The van der Waals surface area contributed by atoms with Gasteiger partial charge in [0.25, 0.3) is 0 Å². The van der Waals surface area contributed by atoms with Crippen molar-refractivity contribution in [3.8, 4) is 11.8 Å². The summed E-state index contributed by atoms with van der Waals surface area (Å²) in [6.07, 6.45) is 1.51. The van der Waals surface area contributed by atoms with Crippen molar-refractivity contribution in [3.63, 3.8) is 0 Å². The lowest BCUT2D eigenvalue weighted by atomic mass is 10.2. The van der Waals surface area contributed by atoms with Crippen LogP contribution in [0, 0.1) is 11.3 Å². The third-order valence-corrected chi connectivity index (χ3v) is 2.34. The van der Waals surface area contributed by atoms with Gasteiger partial charge in [0.1, 0.15) is 17.6 Å². The van der Waals surface area contributed by atoms with E-state index in [0.29, 0.717) is 17.9 Å². The Morgan fingerprint density at radius 2 is 2.06 bits per heavy atom. The van der Waals surface area contributed by atoms with E-state index in [0.717, 1.165) is 5.56 Å². The first kappa shape index (κ1) is 11.0. The van der Waals surface area contributed by atoms with Crippen LogP contribution in [0.4, 0.5) is 5.82 Å². The van der Waals surface area contributed by atoms with Crippen molar-refractivity contribution < 1.29 is 5.11 Å². The van der Waals surface area contributed by atoms with Crippen LogP contribution in [-0.2, 0) is 6.54 Å². The van der Waals surface area contributed by atoms with E-state index in [4.69, 9.17) is 5.26 Å². The van der Waals surface area contributed by atoms with Crippen LogP contribution in [0.5, 0.6) is 5.75 Å². The number of pyridine rings is 1. The van der Waals surface area contributed by atoms with Crippen molar-refractivity contribution in [1.29, 1.82) is 5.26 Å². The van der Waals surface area contributed by atoms with Crippen molar-refractivity contribution in [2.45, 2.75) is 6.54 Å². The molecule has 0 unspecified atom stereocenters. The lowest BCUT2D eigenvalue weighted by Gasteiger charge is -2.06. The number of aromatic nitrogens is 1. The number of hydrogen-bond acceptors (Lipinski definition) is 4. The minimum absolute atomic E-state index is 0.258. The van der Waals surface area contributed by atoms with E-state index >= 15 is 0 Å². The number of nitrogens with one attached hydrogen (secondary N) is 1. The first-order chi connectivity index (χ1) is 8.29. The second kappa shape index (κ2) is 4.99. The average molecular weight is 225 g/mol. The van der Waals surface area contributed by atoms with Gasteiger partial charge in [0.2, 0.25) is 0 Å². The quantitative estimate of drug-likeness (QED) is 0.840. The Morgan fingerprint density at radius 1 is 1.24 bits per heavy atom. The molecule has 1 aromatic heterocycles. The van der Waals surface area contributed by atoms with Gasteiger partial charge in [-0.3, -0.25) is 0 Å². The van der Waals surface area contributed by atoms with E-state index in [-0.39, 0.29) is 5.75 Å². The Bertz CT molecular complexity index is 543. The van der Waals surface area contributed by atoms with Gasteiger partial charge in [0, 0.05) is 18.3 Å². The molecule has 0 spiro atoms. The Morgan fingerprint density at radius 3 is 2.71 bits per heavy atom. The third-order valence-electron chi connectivity index (χ3n) is 2.34. The molecule has 0 aliphatic rings. The lowest BCUT2D eigenvalue weighted by molar-refractivity contribution is 0.469. The highest BCUT2D eigenvalue weighted by Crippen LogP contribution is 2.16. The molecule has 0 radical (unpaired) electrons. The fourth-order valence-corrected chi connectivity index (χ4v) is 1.41. The molecule has 1 heterocycles. The van der Waals surface area contributed by atoms with E-state index in [1.807, 2.05) is 18.2 Å². The standard InChI is InChI=1S/C13H11N3O/c14-7-10-5-6-13(15-8-10)16-9-11-3-1-2-4-12(11)17/h1-6,8,17H,9H2,(H,15,16). The molecular formula is C13H11N3O. The smallest absolute Gasteiger partial charge is 0.126 e. The number of phenolic OH excluding ortho intramolecular Hbond substituents is 1. The summed E-state index contributed by atoms with van der Waals surface area (Å²) in [7, 11) is 0. The molecule has 0 saturated carbocycles. The maximum absolute atomic E-state index is 9.57. The summed E-state index contributed by atoms with van der Waals surface area (Å²) >= 11 is 0. The highest BCUT2D eigenvalue weighted by atomic mass is 16.3. The zero-order valence-electron chi connectivity index (χ0n) is 9.09. The van der Waals surface area contributed by atoms with Crippen LogP contribution in [-0.4, -0.2) is 10.1 Å². The summed E-state index contributed by atoms with van der Waals surface area (Å²) < 4.78 is 0. The SMILES string of the molecule is N#Cc1ccc(NCc2ccccc2O)nc1. The van der Waals surface area contributed by atoms with Crippen LogP contribution in [0.15, 0.2) is 42.6 Å². The molecule has 2 aromatic rings. The topological polar surface area (TPSA) is 68.9 Å². The first-order valence-corrected chi connectivity index (χ1v) is 5.16. The van der Waals surface area contributed by atoms with Crippen molar-refractivity contribution in [2.75, 3.05) is 5.32 Å². The monoisotopic (exact) mass is 225 g/mol. The number of benzene rings is 1. The second-order valence-electron chi connectivity index (χ2n) is 3.53. The predicted octanol–water partition coefficient (Wildman–Crippen LogP) is 2.27. The molecule has 17 heavy (non-hydrogen) atoms. The van der Waals surface area contributed by atoms with Gasteiger partial charge >= 0.3 is 0 Å². The fraction of sp³-hybridized carbons (Fsp3) is 0.0769. The van der Waals surface area contributed by atoms with Crippen molar-refractivity contribution in [3.05, 3.63) is 53.7 Å². The summed E-state index contributed by atoms with van der Waals surface area (Å²) in [4.78, 5) is 4.08. The van der Waals surface area contributed by atoms with Crippen LogP contribution in [0.2, 0.25) is 0 Å².